The van der Waals surface area contributed by atoms with Gasteiger partial charge in [-0.25, -0.2) is 0 Å². The summed E-state index contributed by atoms with van der Waals surface area (Å²) < 4.78 is 0. The van der Waals surface area contributed by atoms with Gasteiger partial charge < -0.3 is 19.5 Å². The second kappa shape index (κ2) is 42.5. The second-order valence-corrected chi connectivity index (χ2v) is 17.9. The molecule has 0 radical (unpaired) electrons. The minimum atomic E-state index is -0.0301. The van der Waals surface area contributed by atoms with E-state index in [0.29, 0.717) is 12.8 Å². The molecule has 1 aliphatic heterocycles. The van der Waals surface area contributed by atoms with Crippen molar-refractivity contribution in [1.82, 2.24) is 19.9 Å². The number of hydroxylamine groups is 4. The summed E-state index contributed by atoms with van der Waals surface area (Å²) in [6.45, 7) is 20.0. The van der Waals surface area contributed by atoms with Gasteiger partial charge in [-0.2, -0.15) is 0 Å². The van der Waals surface area contributed by atoms with Crippen LogP contribution in [0.15, 0.2) is 0 Å². The van der Waals surface area contributed by atoms with E-state index in [4.69, 9.17) is 9.68 Å². The highest BCUT2D eigenvalue weighted by atomic mass is 16.7. The van der Waals surface area contributed by atoms with Crippen LogP contribution in [0.3, 0.4) is 0 Å². The summed E-state index contributed by atoms with van der Waals surface area (Å²) in [6.07, 6.45) is 40.2. The van der Waals surface area contributed by atoms with Gasteiger partial charge in [0, 0.05) is 52.1 Å². The monoisotopic (exact) mass is 821 g/mol. The molecule has 8 heteroatoms. The predicted octanol–water partition coefficient (Wildman–Crippen LogP) is 13.5. The largest absolute Gasteiger partial charge is 0.368 e. The zero-order valence-electron chi connectivity index (χ0n) is 39.5. The number of rotatable bonds is 45. The first-order chi connectivity index (χ1) is 28.5. The molecular formula is C50H100N4O4. The molecule has 0 aliphatic carbocycles. The normalized spacial score (nSPS) is 13.4. The quantitative estimate of drug-likeness (QED) is 0.0445. The Bertz CT molecular complexity index is 802. The smallest absolute Gasteiger partial charge is 0.325 e. The van der Waals surface area contributed by atoms with E-state index in [1.54, 1.807) is 0 Å². The number of hydrogen-bond acceptors (Lipinski definition) is 8. The standard InChI is InChI=1S/C50H100N4O4/c1-5-9-13-31-43-53(44-32-14-10-6-2)57-49(55)37-27-23-19-17-21-25-29-39-51(47-48-52-41-35-36-42-52)40-30-26-22-18-20-24-28-38-50(56)58-54(45-33-15-11-7-3)46-34-16-12-8-4/h5-48H2,1-4H3. The van der Waals surface area contributed by atoms with Gasteiger partial charge in [-0.1, -0.05) is 169 Å². The Morgan fingerprint density at radius 1 is 0.379 bits per heavy atom. The first-order valence-electron chi connectivity index (χ1n) is 25.9. The molecule has 0 aromatic heterocycles. The molecule has 0 bridgehead atoms. The zero-order chi connectivity index (χ0) is 42.0. The van der Waals surface area contributed by atoms with Gasteiger partial charge in [0.2, 0.25) is 0 Å². The lowest BCUT2D eigenvalue weighted by Crippen LogP contribution is -2.35. The van der Waals surface area contributed by atoms with E-state index in [2.05, 4.69) is 37.5 Å². The summed E-state index contributed by atoms with van der Waals surface area (Å²) in [5, 5.41) is 3.93. The Kier molecular flexibility index (Phi) is 40.1. The Morgan fingerprint density at radius 3 is 1.02 bits per heavy atom. The molecule has 0 aromatic carbocycles. The highest BCUT2D eigenvalue weighted by Gasteiger charge is 2.15. The van der Waals surface area contributed by atoms with Gasteiger partial charge in [0.25, 0.3) is 0 Å². The highest BCUT2D eigenvalue weighted by molar-refractivity contribution is 5.69. The molecule has 8 nitrogen and oxygen atoms in total. The lowest BCUT2D eigenvalue weighted by atomic mass is 10.1. The first-order valence-corrected chi connectivity index (χ1v) is 25.9. The molecule has 1 saturated heterocycles. The molecule has 1 rings (SSSR count). The number of unbranched alkanes of at least 4 members (excludes halogenated alkanes) is 24. The van der Waals surface area contributed by atoms with Gasteiger partial charge in [0.1, 0.15) is 0 Å². The van der Waals surface area contributed by atoms with Crippen LogP contribution in [0.5, 0.6) is 0 Å². The van der Waals surface area contributed by atoms with Crippen molar-refractivity contribution in [3.05, 3.63) is 0 Å². The summed E-state index contributed by atoms with van der Waals surface area (Å²) in [5.41, 5.74) is 0. The Balaban J connectivity index is 2.20. The van der Waals surface area contributed by atoms with Crippen LogP contribution in [-0.2, 0) is 19.3 Å². The van der Waals surface area contributed by atoms with Crippen LogP contribution in [0.25, 0.3) is 0 Å². The van der Waals surface area contributed by atoms with E-state index in [1.165, 1.54) is 193 Å². The van der Waals surface area contributed by atoms with Crippen LogP contribution in [0, 0.1) is 0 Å². The fourth-order valence-corrected chi connectivity index (χ4v) is 8.25. The third-order valence-electron chi connectivity index (χ3n) is 12.1. The van der Waals surface area contributed by atoms with Gasteiger partial charge >= 0.3 is 11.9 Å². The van der Waals surface area contributed by atoms with E-state index < -0.39 is 0 Å². The van der Waals surface area contributed by atoms with Crippen LogP contribution < -0.4 is 0 Å². The van der Waals surface area contributed by atoms with E-state index in [9.17, 15) is 9.59 Å². The number of hydrogen-bond donors (Lipinski definition) is 0. The lowest BCUT2D eigenvalue weighted by molar-refractivity contribution is -0.192. The third-order valence-corrected chi connectivity index (χ3v) is 12.1. The highest BCUT2D eigenvalue weighted by Crippen LogP contribution is 2.15. The summed E-state index contributed by atoms with van der Waals surface area (Å²) in [7, 11) is 0. The minimum absolute atomic E-state index is 0.0301. The molecule has 1 fully saturated rings. The number of carbonyl (C=O) groups is 2. The van der Waals surface area contributed by atoms with Gasteiger partial charge in [-0.15, -0.1) is 10.1 Å². The minimum Gasteiger partial charge on any atom is -0.368 e. The summed E-state index contributed by atoms with van der Waals surface area (Å²) >= 11 is 0. The van der Waals surface area contributed by atoms with Crippen molar-refractivity contribution in [2.75, 3.05) is 65.4 Å². The van der Waals surface area contributed by atoms with Crippen molar-refractivity contribution in [3.63, 3.8) is 0 Å². The number of likely N-dealkylation sites (tertiary alicyclic amines) is 1. The maximum atomic E-state index is 12.6. The average molecular weight is 821 g/mol. The molecule has 0 saturated carbocycles. The molecule has 0 atom stereocenters. The van der Waals surface area contributed by atoms with E-state index in [1.807, 2.05) is 10.1 Å². The summed E-state index contributed by atoms with van der Waals surface area (Å²) in [5.74, 6) is -0.0602. The maximum absolute atomic E-state index is 12.6. The number of carbonyl (C=O) groups excluding carboxylic acids is 2. The van der Waals surface area contributed by atoms with Crippen LogP contribution in [-0.4, -0.2) is 97.3 Å². The van der Waals surface area contributed by atoms with E-state index in [0.717, 1.165) is 77.5 Å². The van der Waals surface area contributed by atoms with Crippen LogP contribution in [0.1, 0.15) is 246 Å². The molecule has 0 amide bonds. The van der Waals surface area contributed by atoms with Crippen molar-refractivity contribution >= 4 is 11.9 Å². The molecule has 0 unspecified atom stereocenters. The average Bonchev–Trinajstić information content (AvgIpc) is 3.75. The Hall–Kier alpha value is -1.22. The van der Waals surface area contributed by atoms with Crippen molar-refractivity contribution in [2.24, 2.45) is 0 Å². The molecule has 344 valence electrons. The van der Waals surface area contributed by atoms with Crippen molar-refractivity contribution in [2.45, 2.75) is 246 Å². The second-order valence-electron chi connectivity index (χ2n) is 17.9. The molecule has 1 aliphatic rings. The Labute approximate surface area is 361 Å². The molecular weight excluding hydrogens is 721 g/mol. The summed E-state index contributed by atoms with van der Waals surface area (Å²) in [4.78, 5) is 42.3. The lowest BCUT2D eigenvalue weighted by Gasteiger charge is -2.25. The van der Waals surface area contributed by atoms with Crippen molar-refractivity contribution in [1.29, 1.82) is 0 Å². The van der Waals surface area contributed by atoms with Crippen molar-refractivity contribution in [3.8, 4) is 0 Å². The zero-order valence-corrected chi connectivity index (χ0v) is 39.5. The molecule has 58 heavy (non-hydrogen) atoms. The molecule has 1 heterocycles. The van der Waals surface area contributed by atoms with E-state index in [-0.39, 0.29) is 11.9 Å². The van der Waals surface area contributed by atoms with Crippen molar-refractivity contribution < 1.29 is 19.3 Å². The fraction of sp³-hybridized carbons (Fsp3) is 0.960. The van der Waals surface area contributed by atoms with Gasteiger partial charge in [-0.05, 0) is 90.4 Å². The van der Waals surface area contributed by atoms with E-state index >= 15 is 0 Å². The van der Waals surface area contributed by atoms with Crippen LogP contribution in [0.2, 0.25) is 0 Å². The first kappa shape index (κ1) is 54.8. The number of nitrogens with zero attached hydrogens (tertiary/aromatic N) is 4. The molecule has 0 aromatic rings. The van der Waals surface area contributed by atoms with Crippen LogP contribution in [0.4, 0.5) is 0 Å². The maximum Gasteiger partial charge on any atom is 0.325 e. The van der Waals surface area contributed by atoms with Crippen LogP contribution >= 0.6 is 0 Å². The van der Waals surface area contributed by atoms with Gasteiger partial charge in [-0.3, -0.25) is 9.59 Å². The fourth-order valence-electron chi connectivity index (χ4n) is 8.25. The Morgan fingerprint density at radius 2 is 0.672 bits per heavy atom. The van der Waals surface area contributed by atoms with Gasteiger partial charge in [0.05, 0.1) is 0 Å². The molecule has 0 N–H and O–H groups in total. The SMILES string of the molecule is CCCCCCN(CCCCCC)OC(=O)CCCCCCCCCN(CCCCCCCCCC(=O)ON(CCCCCC)CCCCCC)CCN1CCCC1. The predicted molar refractivity (Wildman–Crippen MR) is 248 cm³/mol. The summed E-state index contributed by atoms with van der Waals surface area (Å²) in [6, 6.07) is 0. The topological polar surface area (TPSA) is 65.6 Å². The molecule has 0 spiro atoms. The van der Waals surface area contributed by atoms with Gasteiger partial charge in [0.15, 0.2) is 0 Å². The third kappa shape index (κ3) is 35.5.